The smallest absolute Gasteiger partial charge is 0.383 e. The number of alkyl halides is 3. The molecular formula is C12H10BrF3N4S. The van der Waals surface area contributed by atoms with Gasteiger partial charge in [-0.15, -0.1) is 0 Å². The number of anilines is 3. The van der Waals surface area contributed by atoms with Gasteiger partial charge < -0.3 is 11.1 Å². The first kappa shape index (κ1) is 15.9. The summed E-state index contributed by atoms with van der Waals surface area (Å²) in [5.41, 5.74) is 5.12. The number of hydrogen-bond acceptors (Lipinski definition) is 5. The number of nitrogen functional groups attached to an aromatic ring is 1. The van der Waals surface area contributed by atoms with E-state index in [1.807, 2.05) is 0 Å². The lowest BCUT2D eigenvalue weighted by molar-refractivity contribution is -0.138. The molecule has 0 atom stereocenters. The number of rotatable bonds is 3. The minimum atomic E-state index is -4.44. The second-order valence-corrected chi connectivity index (χ2v) is 5.61. The summed E-state index contributed by atoms with van der Waals surface area (Å²) in [4.78, 5) is 8.10. The average molecular weight is 379 g/mol. The Balaban J connectivity index is 2.34. The molecule has 0 aliphatic rings. The second-order valence-electron chi connectivity index (χ2n) is 3.98. The maximum atomic E-state index is 12.8. The Morgan fingerprint density at radius 1 is 1.24 bits per heavy atom. The quantitative estimate of drug-likeness (QED) is 0.615. The average Bonchev–Trinajstić information content (AvgIpc) is 2.39. The van der Waals surface area contributed by atoms with Gasteiger partial charge in [0.05, 0.1) is 5.56 Å². The lowest BCUT2D eigenvalue weighted by atomic mass is 10.2. The van der Waals surface area contributed by atoms with Crippen molar-refractivity contribution in [1.29, 1.82) is 0 Å². The van der Waals surface area contributed by atoms with Crippen LogP contribution in [0.15, 0.2) is 33.9 Å². The number of nitrogens with two attached hydrogens (primary N) is 1. The molecule has 112 valence electrons. The van der Waals surface area contributed by atoms with Crippen molar-refractivity contribution >= 4 is 45.0 Å². The summed E-state index contributed by atoms with van der Waals surface area (Å²) in [5.74, 6) is 0.576. The van der Waals surface area contributed by atoms with Crippen molar-refractivity contribution < 1.29 is 13.2 Å². The minimum Gasteiger partial charge on any atom is -0.383 e. The summed E-state index contributed by atoms with van der Waals surface area (Å²) in [6.07, 6.45) is -2.66. The molecule has 21 heavy (non-hydrogen) atoms. The van der Waals surface area contributed by atoms with Gasteiger partial charge in [0.25, 0.3) is 0 Å². The number of halogens is 4. The van der Waals surface area contributed by atoms with Gasteiger partial charge in [-0.05, 0) is 24.5 Å². The molecule has 0 spiro atoms. The van der Waals surface area contributed by atoms with Crippen LogP contribution < -0.4 is 11.1 Å². The number of thioether (sulfide) groups is 1. The first-order chi connectivity index (χ1) is 9.79. The Bertz CT molecular complexity index is 663. The lowest BCUT2D eigenvalue weighted by Gasteiger charge is -2.12. The van der Waals surface area contributed by atoms with Crippen LogP contribution in [0.2, 0.25) is 0 Å². The third-order valence-electron chi connectivity index (χ3n) is 2.45. The molecule has 0 saturated carbocycles. The molecule has 0 radical (unpaired) electrons. The SMILES string of the molecule is CSc1nc(N)cc(Nc2ccc(Br)c(C(F)(F)F)c2)n1. The molecule has 0 fully saturated rings. The minimum absolute atomic E-state index is 0.0208. The highest BCUT2D eigenvalue weighted by Crippen LogP contribution is 2.36. The molecule has 1 aromatic carbocycles. The van der Waals surface area contributed by atoms with Crippen molar-refractivity contribution in [1.82, 2.24) is 9.97 Å². The summed E-state index contributed by atoms with van der Waals surface area (Å²) >= 11 is 4.18. The second kappa shape index (κ2) is 6.10. The third-order valence-corrected chi connectivity index (χ3v) is 3.69. The predicted molar refractivity (Wildman–Crippen MR) is 80.7 cm³/mol. The maximum absolute atomic E-state index is 12.8. The number of benzene rings is 1. The van der Waals surface area contributed by atoms with Gasteiger partial charge in [0.15, 0.2) is 5.16 Å². The van der Waals surface area contributed by atoms with Crippen LogP contribution in [-0.4, -0.2) is 16.2 Å². The van der Waals surface area contributed by atoms with Crippen molar-refractivity contribution in [2.45, 2.75) is 11.3 Å². The van der Waals surface area contributed by atoms with E-state index in [-0.39, 0.29) is 16.0 Å². The van der Waals surface area contributed by atoms with Gasteiger partial charge in [-0.1, -0.05) is 27.7 Å². The van der Waals surface area contributed by atoms with Crippen LogP contribution in [0.1, 0.15) is 5.56 Å². The first-order valence-electron chi connectivity index (χ1n) is 5.62. The lowest BCUT2D eigenvalue weighted by Crippen LogP contribution is -2.07. The highest BCUT2D eigenvalue weighted by atomic mass is 79.9. The van der Waals surface area contributed by atoms with Gasteiger partial charge in [-0.25, -0.2) is 9.97 Å². The topological polar surface area (TPSA) is 63.8 Å². The summed E-state index contributed by atoms with van der Waals surface area (Å²) in [5, 5.41) is 3.23. The van der Waals surface area contributed by atoms with E-state index in [0.29, 0.717) is 11.0 Å². The van der Waals surface area contributed by atoms with Crippen molar-refractivity contribution in [2.75, 3.05) is 17.3 Å². The molecule has 9 heteroatoms. The van der Waals surface area contributed by atoms with Crippen molar-refractivity contribution in [3.8, 4) is 0 Å². The van der Waals surface area contributed by atoms with Crippen LogP contribution >= 0.6 is 27.7 Å². The molecule has 4 nitrogen and oxygen atoms in total. The Kier molecular flexibility index (Phi) is 4.62. The van der Waals surface area contributed by atoms with E-state index in [4.69, 9.17) is 5.73 Å². The zero-order valence-electron chi connectivity index (χ0n) is 10.7. The molecular weight excluding hydrogens is 369 g/mol. The van der Waals surface area contributed by atoms with Crippen LogP contribution in [-0.2, 0) is 6.18 Å². The van der Waals surface area contributed by atoms with Gasteiger partial charge in [0.2, 0.25) is 0 Å². The molecule has 0 aliphatic carbocycles. The number of aromatic nitrogens is 2. The third kappa shape index (κ3) is 4.01. The Labute approximate surface area is 131 Å². The number of hydrogen-bond donors (Lipinski definition) is 2. The summed E-state index contributed by atoms with van der Waals surface area (Å²) in [6, 6.07) is 5.29. The Hall–Kier alpha value is -1.48. The highest BCUT2D eigenvalue weighted by Gasteiger charge is 2.33. The number of nitrogens with zero attached hydrogens (tertiary/aromatic N) is 2. The van der Waals surface area contributed by atoms with Crippen LogP contribution in [0.4, 0.5) is 30.5 Å². The molecule has 0 unspecified atom stereocenters. The molecule has 0 aliphatic heterocycles. The largest absolute Gasteiger partial charge is 0.417 e. The molecule has 1 heterocycles. The fourth-order valence-corrected chi connectivity index (χ4v) is 2.42. The van der Waals surface area contributed by atoms with Gasteiger partial charge in [-0.3, -0.25) is 0 Å². The molecule has 3 N–H and O–H groups in total. The summed E-state index contributed by atoms with van der Waals surface area (Å²) in [7, 11) is 0. The monoisotopic (exact) mass is 378 g/mol. The fourth-order valence-electron chi connectivity index (χ4n) is 1.57. The molecule has 0 amide bonds. The molecule has 2 aromatic rings. The van der Waals surface area contributed by atoms with E-state index in [1.54, 1.807) is 6.26 Å². The predicted octanol–water partition coefficient (Wildman–Crippen LogP) is 4.31. The molecule has 1 aromatic heterocycles. The van der Waals surface area contributed by atoms with Gasteiger partial charge in [0.1, 0.15) is 11.6 Å². The first-order valence-corrected chi connectivity index (χ1v) is 7.63. The van der Waals surface area contributed by atoms with E-state index < -0.39 is 11.7 Å². The van der Waals surface area contributed by atoms with E-state index in [0.717, 1.165) is 6.07 Å². The van der Waals surface area contributed by atoms with Gasteiger partial charge in [-0.2, -0.15) is 13.2 Å². The van der Waals surface area contributed by atoms with Crippen molar-refractivity contribution in [3.05, 3.63) is 34.3 Å². The summed E-state index contributed by atoms with van der Waals surface area (Å²) in [6.45, 7) is 0. The standard InChI is InChI=1S/C12H10BrF3N4S/c1-21-11-19-9(17)5-10(20-11)18-6-2-3-8(13)7(4-6)12(14,15)16/h2-5H,1H3,(H3,17,18,19,20). The zero-order chi connectivity index (χ0) is 15.6. The van der Waals surface area contributed by atoms with Gasteiger partial charge >= 0.3 is 6.18 Å². The zero-order valence-corrected chi connectivity index (χ0v) is 13.1. The van der Waals surface area contributed by atoms with Crippen LogP contribution in [0, 0.1) is 0 Å². The van der Waals surface area contributed by atoms with E-state index in [9.17, 15) is 13.2 Å². The van der Waals surface area contributed by atoms with Crippen molar-refractivity contribution in [2.24, 2.45) is 0 Å². The van der Waals surface area contributed by atoms with E-state index in [1.165, 1.54) is 30.0 Å². The van der Waals surface area contributed by atoms with Crippen LogP contribution in [0.25, 0.3) is 0 Å². The summed E-state index contributed by atoms with van der Waals surface area (Å²) < 4.78 is 38.5. The van der Waals surface area contributed by atoms with Crippen LogP contribution in [0.3, 0.4) is 0 Å². The van der Waals surface area contributed by atoms with E-state index in [2.05, 4.69) is 31.2 Å². The molecule has 0 bridgehead atoms. The van der Waals surface area contributed by atoms with Crippen LogP contribution in [0.5, 0.6) is 0 Å². The molecule has 2 rings (SSSR count). The normalized spacial score (nSPS) is 11.5. The van der Waals surface area contributed by atoms with Gasteiger partial charge in [0, 0.05) is 16.2 Å². The Morgan fingerprint density at radius 2 is 1.95 bits per heavy atom. The fraction of sp³-hybridized carbons (Fsp3) is 0.167. The molecule has 0 saturated heterocycles. The highest BCUT2D eigenvalue weighted by molar-refractivity contribution is 9.10. The maximum Gasteiger partial charge on any atom is 0.417 e. The Morgan fingerprint density at radius 3 is 2.57 bits per heavy atom. The van der Waals surface area contributed by atoms with E-state index >= 15 is 0 Å². The van der Waals surface area contributed by atoms with Crippen molar-refractivity contribution in [3.63, 3.8) is 0 Å². The number of nitrogens with one attached hydrogen (secondary N) is 1.